The first-order valence-electron chi connectivity index (χ1n) is 7.00. The Hall–Kier alpha value is -1.22. The zero-order chi connectivity index (χ0) is 13.7. The number of halogens is 1. The molecule has 1 fully saturated rings. The molecule has 1 amide bonds. The molecule has 0 unspecified atom stereocenters. The molecular weight excluding hydrogens is 260 g/mol. The maximum Gasteiger partial charge on any atom is 0.224 e. The molecule has 1 aromatic rings. The van der Waals surface area contributed by atoms with Crippen molar-refractivity contribution in [3.63, 3.8) is 0 Å². The van der Waals surface area contributed by atoms with E-state index in [0.717, 1.165) is 12.3 Å². The van der Waals surface area contributed by atoms with Crippen molar-refractivity contribution >= 4 is 28.9 Å². The molecule has 0 radical (unpaired) electrons. The fourth-order valence-electron chi connectivity index (χ4n) is 2.64. The molecule has 4 heteroatoms. The quantitative estimate of drug-likeness (QED) is 0.811. The SMILES string of the molecule is Nc1ccc(NC(=O)CCC2CCCCC2)cc1Cl. The molecule has 2 rings (SSSR count). The Morgan fingerprint density at radius 1 is 1.32 bits per heavy atom. The van der Waals surface area contributed by atoms with Gasteiger partial charge in [-0.15, -0.1) is 0 Å². The molecule has 1 aliphatic rings. The number of hydrogen-bond acceptors (Lipinski definition) is 2. The number of carbonyl (C=O) groups excluding carboxylic acids is 1. The number of amides is 1. The lowest BCUT2D eigenvalue weighted by molar-refractivity contribution is -0.116. The van der Waals surface area contributed by atoms with E-state index in [-0.39, 0.29) is 5.91 Å². The van der Waals surface area contributed by atoms with Gasteiger partial charge in [0.1, 0.15) is 0 Å². The Morgan fingerprint density at radius 3 is 2.74 bits per heavy atom. The van der Waals surface area contributed by atoms with Crippen molar-refractivity contribution in [2.45, 2.75) is 44.9 Å². The molecule has 0 heterocycles. The highest BCUT2D eigenvalue weighted by atomic mass is 35.5. The van der Waals surface area contributed by atoms with E-state index in [1.54, 1.807) is 18.2 Å². The second-order valence-corrected chi connectivity index (χ2v) is 5.73. The van der Waals surface area contributed by atoms with Gasteiger partial charge in [0, 0.05) is 12.1 Å². The van der Waals surface area contributed by atoms with Crippen LogP contribution in [0.15, 0.2) is 18.2 Å². The average Bonchev–Trinajstić information content (AvgIpc) is 2.42. The van der Waals surface area contributed by atoms with Gasteiger partial charge in [0.25, 0.3) is 0 Å². The lowest BCUT2D eigenvalue weighted by atomic mass is 9.86. The van der Waals surface area contributed by atoms with Gasteiger partial charge in [-0.25, -0.2) is 0 Å². The molecule has 1 aliphatic carbocycles. The van der Waals surface area contributed by atoms with Crippen LogP contribution < -0.4 is 11.1 Å². The van der Waals surface area contributed by atoms with Crippen LogP contribution in [-0.2, 0) is 4.79 Å². The van der Waals surface area contributed by atoms with E-state index in [1.165, 1.54) is 32.1 Å². The van der Waals surface area contributed by atoms with Gasteiger partial charge in [0.05, 0.1) is 10.7 Å². The minimum atomic E-state index is 0.0615. The Bertz CT molecular complexity index is 442. The number of hydrogen-bond donors (Lipinski definition) is 2. The van der Waals surface area contributed by atoms with E-state index in [9.17, 15) is 4.79 Å². The number of benzene rings is 1. The first-order chi connectivity index (χ1) is 9.15. The second kappa shape index (κ2) is 6.80. The van der Waals surface area contributed by atoms with Crippen LogP contribution in [0, 0.1) is 5.92 Å². The average molecular weight is 281 g/mol. The van der Waals surface area contributed by atoms with Crippen molar-refractivity contribution in [1.82, 2.24) is 0 Å². The summed E-state index contributed by atoms with van der Waals surface area (Å²) in [5.74, 6) is 0.793. The zero-order valence-electron chi connectivity index (χ0n) is 11.1. The topological polar surface area (TPSA) is 55.1 Å². The van der Waals surface area contributed by atoms with Crippen LogP contribution in [0.1, 0.15) is 44.9 Å². The van der Waals surface area contributed by atoms with E-state index in [0.29, 0.717) is 22.8 Å². The monoisotopic (exact) mass is 280 g/mol. The molecule has 3 nitrogen and oxygen atoms in total. The van der Waals surface area contributed by atoms with Gasteiger partial charge in [-0.1, -0.05) is 43.7 Å². The summed E-state index contributed by atoms with van der Waals surface area (Å²) in [5, 5.41) is 3.35. The maximum atomic E-state index is 11.9. The molecule has 1 saturated carbocycles. The van der Waals surface area contributed by atoms with Crippen molar-refractivity contribution in [3.05, 3.63) is 23.2 Å². The molecule has 104 valence electrons. The summed E-state index contributed by atoms with van der Waals surface area (Å²) in [6, 6.07) is 5.17. The Balaban J connectivity index is 1.78. The summed E-state index contributed by atoms with van der Waals surface area (Å²) in [7, 11) is 0. The number of rotatable bonds is 4. The molecule has 19 heavy (non-hydrogen) atoms. The highest BCUT2D eigenvalue weighted by molar-refractivity contribution is 6.33. The van der Waals surface area contributed by atoms with Crippen LogP contribution in [-0.4, -0.2) is 5.91 Å². The third-order valence-electron chi connectivity index (χ3n) is 3.79. The molecule has 0 saturated heterocycles. The third kappa shape index (κ3) is 4.43. The summed E-state index contributed by atoms with van der Waals surface area (Å²) < 4.78 is 0. The predicted octanol–water partition coefficient (Wildman–Crippen LogP) is 4.22. The molecule has 3 N–H and O–H groups in total. The number of nitrogens with two attached hydrogens (primary N) is 1. The van der Waals surface area contributed by atoms with E-state index in [2.05, 4.69) is 5.32 Å². The number of anilines is 2. The van der Waals surface area contributed by atoms with E-state index >= 15 is 0 Å². The molecule has 0 aromatic heterocycles. The first kappa shape index (κ1) is 14.2. The lowest BCUT2D eigenvalue weighted by Gasteiger charge is -2.21. The van der Waals surface area contributed by atoms with E-state index in [4.69, 9.17) is 17.3 Å². The van der Waals surface area contributed by atoms with Gasteiger partial charge < -0.3 is 11.1 Å². The lowest BCUT2D eigenvalue weighted by Crippen LogP contribution is -2.14. The van der Waals surface area contributed by atoms with Gasteiger partial charge in [0.15, 0.2) is 0 Å². The van der Waals surface area contributed by atoms with Gasteiger partial charge in [0.2, 0.25) is 5.91 Å². The predicted molar refractivity (Wildman–Crippen MR) is 80.3 cm³/mol. The van der Waals surface area contributed by atoms with Gasteiger partial charge in [-0.05, 0) is 30.5 Å². The van der Waals surface area contributed by atoms with Crippen LogP contribution in [0.5, 0.6) is 0 Å². The van der Waals surface area contributed by atoms with Crippen LogP contribution in [0.2, 0.25) is 5.02 Å². The van der Waals surface area contributed by atoms with Gasteiger partial charge >= 0.3 is 0 Å². The minimum absolute atomic E-state index is 0.0615. The van der Waals surface area contributed by atoms with Crippen LogP contribution in [0.3, 0.4) is 0 Å². The molecule has 0 aliphatic heterocycles. The van der Waals surface area contributed by atoms with Crippen molar-refractivity contribution in [3.8, 4) is 0 Å². The fourth-order valence-corrected chi connectivity index (χ4v) is 2.82. The summed E-state index contributed by atoms with van der Waals surface area (Å²) in [5.41, 5.74) is 6.88. The van der Waals surface area contributed by atoms with Crippen molar-refractivity contribution < 1.29 is 4.79 Å². The Kier molecular flexibility index (Phi) is 5.08. The van der Waals surface area contributed by atoms with E-state index < -0.39 is 0 Å². The molecule has 0 atom stereocenters. The normalized spacial score (nSPS) is 16.3. The molecule has 0 spiro atoms. The standard InChI is InChI=1S/C15H21ClN2O/c16-13-10-12(7-8-14(13)17)18-15(19)9-6-11-4-2-1-3-5-11/h7-8,10-11H,1-6,9,17H2,(H,18,19). The van der Waals surface area contributed by atoms with Crippen molar-refractivity contribution in [2.75, 3.05) is 11.1 Å². The smallest absolute Gasteiger partial charge is 0.224 e. The van der Waals surface area contributed by atoms with Crippen LogP contribution in [0.4, 0.5) is 11.4 Å². The summed E-state index contributed by atoms with van der Waals surface area (Å²) in [6.07, 6.45) is 8.13. The maximum absolute atomic E-state index is 11.9. The largest absolute Gasteiger partial charge is 0.398 e. The number of nitrogens with one attached hydrogen (secondary N) is 1. The molecule has 1 aromatic carbocycles. The van der Waals surface area contributed by atoms with E-state index in [1.807, 2.05) is 0 Å². The summed E-state index contributed by atoms with van der Waals surface area (Å²) >= 11 is 5.92. The van der Waals surface area contributed by atoms with Crippen LogP contribution in [0.25, 0.3) is 0 Å². The highest BCUT2D eigenvalue weighted by Gasteiger charge is 2.14. The van der Waals surface area contributed by atoms with Crippen molar-refractivity contribution in [2.24, 2.45) is 5.92 Å². The first-order valence-corrected chi connectivity index (χ1v) is 7.38. The van der Waals surface area contributed by atoms with Gasteiger partial charge in [-0.2, -0.15) is 0 Å². The second-order valence-electron chi connectivity index (χ2n) is 5.33. The molecule has 0 bridgehead atoms. The number of nitrogen functional groups attached to an aromatic ring is 1. The highest BCUT2D eigenvalue weighted by Crippen LogP contribution is 2.27. The Morgan fingerprint density at radius 2 is 2.05 bits per heavy atom. The van der Waals surface area contributed by atoms with Crippen LogP contribution >= 0.6 is 11.6 Å². The number of carbonyl (C=O) groups is 1. The molecular formula is C15H21ClN2O. The fraction of sp³-hybridized carbons (Fsp3) is 0.533. The summed E-state index contributed by atoms with van der Waals surface area (Å²) in [6.45, 7) is 0. The Labute approximate surface area is 119 Å². The van der Waals surface area contributed by atoms with Crippen molar-refractivity contribution in [1.29, 1.82) is 0 Å². The zero-order valence-corrected chi connectivity index (χ0v) is 11.9. The minimum Gasteiger partial charge on any atom is -0.398 e. The third-order valence-corrected chi connectivity index (χ3v) is 4.12. The summed E-state index contributed by atoms with van der Waals surface area (Å²) in [4.78, 5) is 11.9. The van der Waals surface area contributed by atoms with Gasteiger partial charge in [-0.3, -0.25) is 4.79 Å².